The summed E-state index contributed by atoms with van der Waals surface area (Å²) >= 11 is 0. The molecule has 1 aliphatic rings. The molecule has 0 aromatic carbocycles. The average molecular weight is 276 g/mol. The van der Waals surface area contributed by atoms with Gasteiger partial charge in [-0.1, -0.05) is 39.5 Å². The Morgan fingerprint density at radius 2 is 1.80 bits per heavy atom. The van der Waals surface area contributed by atoms with Crippen molar-refractivity contribution in [2.24, 2.45) is 5.92 Å². The fourth-order valence-electron chi connectivity index (χ4n) is 2.79. The van der Waals surface area contributed by atoms with E-state index in [-0.39, 0.29) is 0 Å². The first-order valence-corrected chi connectivity index (χ1v) is 8.05. The van der Waals surface area contributed by atoms with Crippen LogP contribution >= 0.6 is 0 Å². The van der Waals surface area contributed by atoms with E-state index >= 15 is 0 Å². The standard InChI is InChI=1S/C16H28N4/c1-4-17-14-11-15(20-16(19-14)12(2)3)18-10-9-13-7-5-6-8-13/h11-13H,4-10H2,1-3H3,(H2,17,18,19,20). The van der Waals surface area contributed by atoms with E-state index in [0.29, 0.717) is 5.92 Å². The minimum absolute atomic E-state index is 0.351. The third-order valence-electron chi connectivity index (χ3n) is 3.95. The molecule has 4 heteroatoms. The second-order valence-corrected chi connectivity index (χ2v) is 6.05. The van der Waals surface area contributed by atoms with Gasteiger partial charge in [-0.15, -0.1) is 0 Å². The van der Waals surface area contributed by atoms with Crippen molar-refractivity contribution < 1.29 is 0 Å². The minimum atomic E-state index is 0.351. The van der Waals surface area contributed by atoms with Crippen molar-refractivity contribution in [1.82, 2.24) is 9.97 Å². The van der Waals surface area contributed by atoms with Gasteiger partial charge in [-0.25, -0.2) is 9.97 Å². The van der Waals surface area contributed by atoms with E-state index in [1.54, 1.807) is 0 Å². The van der Waals surface area contributed by atoms with Crippen LogP contribution in [0.3, 0.4) is 0 Å². The largest absolute Gasteiger partial charge is 0.370 e. The summed E-state index contributed by atoms with van der Waals surface area (Å²) in [6.45, 7) is 8.26. The van der Waals surface area contributed by atoms with Crippen LogP contribution in [-0.4, -0.2) is 23.1 Å². The fourth-order valence-corrected chi connectivity index (χ4v) is 2.79. The summed E-state index contributed by atoms with van der Waals surface area (Å²) in [6.07, 6.45) is 6.91. The lowest BCUT2D eigenvalue weighted by atomic mass is 10.0. The topological polar surface area (TPSA) is 49.8 Å². The number of nitrogens with one attached hydrogen (secondary N) is 2. The van der Waals surface area contributed by atoms with Gasteiger partial charge in [0.05, 0.1) is 0 Å². The zero-order chi connectivity index (χ0) is 14.4. The van der Waals surface area contributed by atoms with Crippen molar-refractivity contribution in [3.05, 3.63) is 11.9 Å². The van der Waals surface area contributed by atoms with E-state index in [2.05, 4.69) is 41.4 Å². The Morgan fingerprint density at radius 3 is 2.40 bits per heavy atom. The summed E-state index contributed by atoms with van der Waals surface area (Å²) in [4.78, 5) is 9.16. The molecule has 1 aliphatic carbocycles. The predicted octanol–water partition coefficient (Wildman–Crippen LogP) is 4.02. The lowest BCUT2D eigenvalue weighted by Gasteiger charge is -2.13. The first-order chi connectivity index (χ1) is 9.69. The Hall–Kier alpha value is -1.32. The zero-order valence-corrected chi connectivity index (χ0v) is 13.1. The molecule has 0 bridgehead atoms. The molecule has 1 fully saturated rings. The van der Waals surface area contributed by atoms with E-state index in [1.165, 1.54) is 32.1 Å². The van der Waals surface area contributed by atoms with Gasteiger partial charge in [0, 0.05) is 25.1 Å². The van der Waals surface area contributed by atoms with E-state index < -0.39 is 0 Å². The first kappa shape index (κ1) is 15.1. The van der Waals surface area contributed by atoms with Gasteiger partial charge in [0.1, 0.15) is 17.5 Å². The van der Waals surface area contributed by atoms with Crippen LogP contribution in [0, 0.1) is 5.92 Å². The van der Waals surface area contributed by atoms with Crippen molar-refractivity contribution in [2.45, 2.75) is 58.8 Å². The SMILES string of the molecule is CCNc1cc(NCCC2CCCC2)nc(C(C)C)n1. The third kappa shape index (κ3) is 4.36. The highest BCUT2D eigenvalue weighted by Gasteiger charge is 2.14. The van der Waals surface area contributed by atoms with E-state index in [1.807, 2.05) is 6.07 Å². The Labute approximate surface area is 122 Å². The molecular formula is C16H28N4. The normalized spacial score (nSPS) is 15.8. The van der Waals surface area contributed by atoms with Gasteiger partial charge >= 0.3 is 0 Å². The molecule has 20 heavy (non-hydrogen) atoms. The van der Waals surface area contributed by atoms with Gasteiger partial charge in [0.2, 0.25) is 0 Å². The van der Waals surface area contributed by atoms with Crippen molar-refractivity contribution in [3.63, 3.8) is 0 Å². The van der Waals surface area contributed by atoms with Gasteiger partial charge in [0.15, 0.2) is 0 Å². The van der Waals surface area contributed by atoms with E-state index in [9.17, 15) is 0 Å². The molecule has 0 atom stereocenters. The van der Waals surface area contributed by atoms with Gasteiger partial charge in [-0.2, -0.15) is 0 Å². The number of hydrogen-bond donors (Lipinski definition) is 2. The van der Waals surface area contributed by atoms with Crippen LogP contribution in [-0.2, 0) is 0 Å². The molecule has 4 nitrogen and oxygen atoms in total. The Morgan fingerprint density at radius 1 is 1.15 bits per heavy atom. The maximum absolute atomic E-state index is 4.62. The van der Waals surface area contributed by atoms with E-state index in [4.69, 9.17) is 0 Å². The number of nitrogens with zero attached hydrogens (tertiary/aromatic N) is 2. The Kier molecular flexibility index (Phi) is 5.62. The molecule has 0 amide bonds. The molecular weight excluding hydrogens is 248 g/mol. The van der Waals surface area contributed by atoms with Gasteiger partial charge in [-0.3, -0.25) is 0 Å². The maximum atomic E-state index is 4.62. The lowest BCUT2D eigenvalue weighted by Crippen LogP contribution is -2.11. The monoisotopic (exact) mass is 276 g/mol. The molecule has 1 heterocycles. The zero-order valence-electron chi connectivity index (χ0n) is 13.1. The quantitative estimate of drug-likeness (QED) is 0.789. The van der Waals surface area contributed by atoms with Crippen molar-refractivity contribution >= 4 is 11.6 Å². The maximum Gasteiger partial charge on any atom is 0.135 e. The molecule has 0 aliphatic heterocycles. The van der Waals surface area contributed by atoms with Gasteiger partial charge < -0.3 is 10.6 Å². The summed E-state index contributed by atoms with van der Waals surface area (Å²) in [5.74, 6) is 4.06. The highest BCUT2D eigenvalue weighted by atomic mass is 15.1. The molecule has 1 aromatic heterocycles. The lowest BCUT2D eigenvalue weighted by molar-refractivity contribution is 0.518. The first-order valence-electron chi connectivity index (χ1n) is 8.05. The Bertz CT molecular complexity index is 411. The highest BCUT2D eigenvalue weighted by molar-refractivity contribution is 5.47. The highest BCUT2D eigenvalue weighted by Crippen LogP contribution is 2.27. The minimum Gasteiger partial charge on any atom is -0.370 e. The number of hydrogen-bond acceptors (Lipinski definition) is 4. The van der Waals surface area contributed by atoms with Gasteiger partial charge in [0.25, 0.3) is 0 Å². The van der Waals surface area contributed by atoms with Crippen LogP contribution in [0.25, 0.3) is 0 Å². The predicted molar refractivity (Wildman–Crippen MR) is 85.3 cm³/mol. The fraction of sp³-hybridized carbons (Fsp3) is 0.750. The second kappa shape index (κ2) is 7.46. The third-order valence-corrected chi connectivity index (χ3v) is 3.95. The molecule has 2 N–H and O–H groups in total. The molecule has 112 valence electrons. The van der Waals surface area contributed by atoms with Crippen LogP contribution in [0.1, 0.15) is 64.6 Å². The molecule has 0 radical (unpaired) electrons. The van der Waals surface area contributed by atoms with Crippen LogP contribution < -0.4 is 10.6 Å². The number of anilines is 2. The van der Waals surface area contributed by atoms with E-state index in [0.717, 1.165) is 36.5 Å². The molecule has 1 saturated carbocycles. The molecule has 0 spiro atoms. The second-order valence-electron chi connectivity index (χ2n) is 6.05. The van der Waals surface area contributed by atoms with Crippen molar-refractivity contribution in [3.8, 4) is 0 Å². The molecule has 0 saturated heterocycles. The number of aromatic nitrogens is 2. The van der Waals surface area contributed by atoms with Crippen LogP contribution in [0.4, 0.5) is 11.6 Å². The molecule has 1 aromatic rings. The summed E-state index contributed by atoms with van der Waals surface area (Å²) in [7, 11) is 0. The summed E-state index contributed by atoms with van der Waals surface area (Å²) in [5, 5.41) is 6.76. The number of rotatable bonds is 7. The Balaban J connectivity index is 1.94. The molecule has 0 unspecified atom stereocenters. The van der Waals surface area contributed by atoms with Crippen molar-refractivity contribution in [1.29, 1.82) is 0 Å². The average Bonchev–Trinajstić information content (AvgIpc) is 2.92. The van der Waals surface area contributed by atoms with Gasteiger partial charge in [-0.05, 0) is 19.3 Å². The summed E-state index contributed by atoms with van der Waals surface area (Å²) in [6, 6.07) is 2.02. The van der Waals surface area contributed by atoms with Crippen LogP contribution in [0.2, 0.25) is 0 Å². The smallest absolute Gasteiger partial charge is 0.135 e. The molecule has 2 rings (SSSR count). The summed E-state index contributed by atoms with van der Waals surface area (Å²) < 4.78 is 0. The van der Waals surface area contributed by atoms with Crippen molar-refractivity contribution in [2.75, 3.05) is 23.7 Å². The van der Waals surface area contributed by atoms with Crippen LogP contribution in [0.5, 0.6) is 0 Å². The summed E-state index contributed by atoms with van der Waals surface area (Å²) in [5.41, 5.74) is 0. The van der Waals surface area contributed by atoms with Crippen LogP contribution in [0.15, 0.2) is 6.07 Å².